The largest absolute Gasteiger partial charge is 0.434 e. The van der Waals surface area contributed by atoms with Gasteiger partial charge in [-0.05, 0) is 43.5 Å². The van der Waals surface area contributed by atoms with Crippen LogP contribution in [0.5, 0.6) is 5.75 Å². The number of amides is 1. The van der Waals surface area contributed by atoms with Crippen molar-refractivity contribution in [3.8, 4) is 5.75 Å². The number of para-hydroxylation sites is 1. The molecule has 1 atom stereocenters. The van der Waals surface area contributed by atoms with Gasteiger partial charge < -0.3 is 25.4 Å². The van der Waals surface area contributed by atoms with Crippen molar-refractivity contribution in [3.05, 3.63) is 59.7 Å². The maximum absolute atomic E-state index is 12.6. The minimum absolute atomic E-state index is 0. The van der Waals surface area contributed by atoms with Gasteiger partial charge in [-0.2, -0.15) is 8.78 Å². The maximum atomic E-state index is 12.6. The van der Waals surface area contributed by atoms with Crippen LogP contribution >= 0.6 is 24.0 Å². The molecule has 10 heteroatoms. The zero-order valence-corrected chi connectivity index (χ0v) is 20.7. The van der Waals surface area contributed by atoms with E-state index in [4.69, 9.17) is 4.74 Å². The molecule has 0 radical (unpaired) electrons. The SMILES string of the molecule is CCNC(=NCc1cccc(NC(=O)C2CCCO2)c1)NCc1ccccc1OC(F)F.I. The Labute approximate surface area is 209 Å². The molecule has 0 aliphatic carbocycles. The molecule has 1 amide bonds. The van der Waals surface area contributed by atoms with Crippen molar-refractivity contribution in [1.29, 1.82) is 0 Å². The first kappa shape index (κ1) is 26.8. The number of hydrogen-bond donors (Lipinski definition) is 3. The molecule has 0 bridgehead atoms. The Balaban J connectivity index is 0.00000385. The van der Waals surface area contributed by atoms with Crippen molar-refractivity contribution in [3.63, 3.8) is 0 Å². The Morgan fingerprint density at radius 1 is 1.21 bits per heavy atom. The number of halogens is 3. The van der Waals surface area contributed by atoms with Gasteiger partial charge in [-0.25, -0.2) is 4.99 Å². The van der Waals surface area contributed by atoms with E-state index in [1.807, 2.05) is 31.2 Å². The molecule has 33 heavy (non-hydrogen) atoms. The Morgan fingerprint density at radius 2 is 2.03 bits per heavy atom. The normalized spacial score (nSPS) is 15.6. The average Bonchev–Trinajstić information content (AvgIpc) is 3.32. The van der Waals surface area contributed by atoms with Gasteiger partial charge in [-0.1, -0.05) is 30.3 Å². The second-order valence-electron chi connectivity index (χ2n) is 7.23. The number of nitrogens with one attached hydrogen (secondary N) is 3. The molecule has 3 N–H and O–H groups in total. The van der Waals surface area contributed by atoms with Gasteiger partial charge in [0.15, 0.2) is 5.96 Å². The van der Waals surface area contributed by atoms with E-state index < -0.39 is 12.7 Å². The van der Waals surface area contributed by atoms with Gasteiger partial charge in [0.2, 0.25) is 0 Å². The predicted octanol–water partition coefficient (Wildman–Crippen LogP) is 4.28. The van der Waals surface area contributed by atoms with E-state index in [1.165, 1.54) is 6.07 Å². The van der Waals surface area contributed by atoms with E-state index in [9.17, 15) is 13.6 Å². The highest BCUT2D eigenvalue weighted by atomic mass is 127. The van der Waals surface area contributed by atoms with E-state index >= 15 is 0 Å². The van der Waals surface area contributed by atoms with E-state index in [0.29, 0.717) is 36.9 Å². The molecule has 1 fully saturated rings. The van der Waals surface area contributed by atoms with Crippen LogP contribution in [-0.2, 0) is 22.6 Å². The van der Waals surface area contributed by atoms with Crippen molar-refractivity contribution >= 4 is 41.5 Å². The Kier molecular flexibility index (Phi) is 11.3. The lowest BCUT2D eigenvalue weighted by atomic mass is 10.2. The molecule has 1 unspecified atom stereocenters. The fourth-order valence-corrected chi connectivity index (χ4v) is 3.31. The summed E-state index contributed by atoms with van der Waals surface area (Å²) in [6.45, 7) is 0.947. The summed E-state index contributed by atoms with van der Waals surface area (Å²) in [5.41, 5.74) is 2.19. The van der Waals surface area contributed by atoms with Crippen LogP contribution in [0.25, 0.3) is 0 Å². The number of benzene rings is 2. The lowest BCUT2D eigenvalue weighted by molar-refractivity contribution is -0.124. The molecular formula is C23H29F2IN4O3. The Bertz CT molecular complexity index is 924. The first-order valence-corrected chi connectivity index (χ1v) is 10.6. The third-order valence-corrected chi connectivity index (χ3v) is 4.82. The monoisotopic (exact) mass is 574 g/mol. The van der Waals surface area contributed by atoms with E-state index in [2.05, 4.69) is 25.7 Å². The minimum Gasteiger partial charge on any atom is -0.434 e. The highest BCUT2D eigenvalue weighted by molar-refractivity contribution is 14.0. The minimum atomic E-state index is -2.88. The molecular weight excluding hydrogens is 545 g/mol. The summed E-state index contributed by atoms with van der Waals surface area (Å²) in [5, 5.41) is 9.15. The number of hydrogen-bond acceptors (Lipinski definition) is 4. The van der Waals surface area contributed by atoms with Crippen LogP contribution < -0.4 is 20.7 Å². The first-order valence-electron chi connectivity index (χ1n) is 10.6. The van der Waals surface area contributed by atoms with Crippen LogP contribution in [0.15, 0.2) is 53.5 Å². The summed E-state index contributed by atoms with van der Waals surface area (Å²) < 4.78 is 35.2. The topological polar surface area (TPSA) is 84.0 Å². The van der Waals surface area contributed by atoms with Crippen LogP contribution in [-0.4, -0.2) is 37.7 Å². The summed E-state index contributed by atoms with van der Waals surface area (Å²) in [6, 6.07) is 14.1. The van der Waals surface area contributed by atoms with Gasteiger partial charge in [-0.3, -0.25) is 4.79 Å². The van der Waals surface area contributed by atoms with E-state index in [-0.39, 0.29) is 42.2 Å². The van der Waals surface area contributed by atoms with Gasteiger partial charge in [0.1, 0.15) is 11.9 Å². The predicted molar refractivity (Wildman–Crippen MR) is 134 cm³/mol. The molecule has 0 aromatic heterocycles. The molecule has 7 nitrogen and oxygen atoms in total. The summed E-state index contributed by atoms with van der Waals surface area (Å²) >= 11 is 0. The van der Waals surface area contributed by atoms with Gasteiger partial charge in [0.25, 0.3) is 5.91 Å². The molecule has 0 spiro atoms. The number of carbonyl (C=O) groups excluding carboxylic acids is 1. The summed E-state index contributed by atoms with van der Waals surface area (Å²) in [7, 11) is 0. The molecule has 1 heterocycles. The first-order chi connectivity index (χ1) is 15.5. The number of anilines is 1. The van der Waals surface area contributed by atoms with Crippen LogP contribution in [0.2, 0.25) is 0 Å². The highest BCUT2D eigenvalue weighted by Gasteiger charge is 2.23. The van der Waals surface area contributed by atoms with Crippen LogP contribution in [0, 0.1) is 0 Å². The average molecular weight is 574 g/mol. The fourth-order valence-electron chi connectivity index (χ4n) is 3.31. The lowest BCUT2D eigenvalue weighted by Crippen LogP contribution is -2.36. The molecule has 1 saturated heterocycles. The number of carbonyl (C=O) groups is 1. The van der Waals surface area contributed by atoms with Crippen LogP contribution in [0.3, 0.4) is 0 Å². The van der Waals surface area contributed by atoms with Crippen LogP contribution in [0.4, 0.5) is 14.5 Å². The fraction of sp³-hybridized carbons (Fsp3) is 0.391. The Morgan fingerprint density at radius 3 is 2.76 bits per heavy atom. The quantitative estimate of drug-likeness (QED) is 0.237. The van der Waals surface area contributed by atoms with Crippen molar-refractivity contribution in [2.24, 2.45) is 4.99 Å². The number of guanidine groups is 1. The maximum Gasteiger partial charge on any atom is 0.387 e. The third kappa shape index (κ3) is 8.77. The third-order valence-electron chi connectivity index (χ3n) is 4.82. The number of aliphatic imine (C=N–C) groups is 1. The zero-order valence-electron chi connectivity index (χ0n) is 18.4. The Hall–Kier alpha value is -2.47. The molecule has 180 valence electrons. The second kappa shape index (κ2) is 13.9. The van der Waals surface area contributed by atoms with Crippen molar-refractivity contribution in [2.45, 2.75) is 45.6 Å². The zero-order chi connectivity index (χ0) is 22.8. The van der Waals surface area contributed by atoms with Crippen molar-refractivity contribution in [1.82, 2.24) is 10.6 Å². The highest BCUT2D eigenvalue weighted by Crippen LogP contribution is 2.20. The number of alkyl halides is 2. The number of rotatable bonds is 9. The molecule has 3 rings (SSSR count). The summed E-state index contributed by atoms with van der Waals surface area (Å²) in [4.78, 5) is 16.8. The van der Waals surface area contributed by atoms with Gasteiger partial charge in [-0.15, -0.1) is 24.0 Å². The van der Waals surface area contributed by atoms with E-state index in [1.54, 1.807) is 18.2 Å². The molecule has 2 aromatic carbocycles. The molecule has 0 saturated carbocycles. The van der Waals surface area contributed by atoms with Crippen LogP contribution in [0.1, 0.15) is 30.9 Å². The number of ether oxygens (including phenoxy) is 2. The van der Waals surface area contributed by atoms with Gasteiger partial charge >= 0.3 is 6.61 Å². The molecule has 1 aliphatic heterocycles. The standard InChI is InChI=1S/C23H28F2N4O3.HI/c1-2-26-23(28-15-17-8-3-4-10-19(17)32-22(24)25)27-14-16-7-5-9-18(13-16)29-21(30)20-11-6-12-31-20;/h3-5,7-10,13,20,22H,2,6,11-12,14-15H2,1H3,(H,29,30)(H2,26,27,28);1H. The van der Waals surface area contributed by atoms with Gasteiger partial charge in [0.05, 0.1) is 6.54 Å². The summed E-state index contributed by atoms with van der Waals surface area (Å²) in [5.74, 6) is 0.525. The van der Waals surface area contributed by atoms with Crippen molar-refractivity contribution in [2.75, 3.05) is 18.5 Å². The molecule has 2 aromatic rings. The van der Waals surface area contributed by atoms with Gasteiger partial charge in [0, 0.05) is 30.9 Å². The second-order valence-corrected chi connectivity index (χ2v) is 7.23. The van der Waals surface area contributed by atoms with E-state index in [0.717, 1.165) is 18.4 Å². The smallest absolute Gasteiger partial charge is 0.387 e. The molecule has 1 aliphatic rings. The van der Waals surface area contributed by atoms with Crippen molar-refractivity contribution < 1.29 is 23.0 Å². The lowest BCUT2D eigenvalue weighted by Gasteiger charge is -2.14. The summed E-state index contributed by atoms with van der Waals surface area (Å²) in [6.07, 6.45) is 1.24. The number of nitrogens with zero attached hydrogens (tertiary/aromatic N) is 1.